The first-order valence-electron chi connectivity index (χ1n) is 10.1. The second-order valence-electron chi connectivity index (χ2n) is 8.80. The molecule has 3 aliphatic heterocycles. The summed E-state index contributed by atoms with van der Waals surface area (Å²) >= 11 is 0. The highest BCUT2D eigenvalue weighted by molar-refractivity contribution is 5.89. The molecule has 7 heteroatoms. The highest BCUT2D eigenvalue weighted by Gasteiger charge is 2.63. The highest BCUT2D eigenvalue weighted by atomic mass is 19.1. The van der Waals surface area contributed by atoms with E-state index in [2.05, 4.69) is 0 Å². The van der Waals surface area contributed by atoms with Gasteiger partial charge >= 0.3 is 0 Å². The number of carbonyl (C=O) groups is 2. The fraction of sp³-hybridized carbons (Fsp3) is 0.619. The summed E-state index contributed by atoms with van der Waals surface area (Å²) in [6, 6.07) is 3.05. The maximum Gasteiger partial charge on any atom is 0.257 e. The van der Waals surface area contributed by atoms with Crippen molar-refractivity contribution in [2.24, 2.45) is 5.92 Å². The van der Waals surface area contributed by atoms with Gasteiger partial charge in [-0.15, -0.1) is 0 Å². The van der Waals surface area contributed by atoms with Gasteiger partial charge in [-0.25, -0.2) is 8.78 Å². The molecule has 4 aliphatic rings. The summed E-state index contributed by atoms with van der Waals surface area (Å²) in [7, 11) is 0. The molecule has 0 radical (unpaired) electrons. The summed E-state index contributed by atoms with van der Waals surface area (Å²) in [6.45, 7) is 2.92. The fourth-order valence-electron chi connectivity index (χ4n) is 5.20. The third-order valence-corrected chi connectivity index (χ3v) is 6.81. The number of hydrogen-bond acceptors (Lipinski definition) is 3. The molecule has 2 amide bonds. The van der Waals surface area contributed by atoms with Gasteiger partial charge in [0.2, 0.25) is 5.91 Å². The SMILES string of the molecule is C[C@@]12CC[C@@H](c3cc(F)cc(F)c3)N1C(=O)C1(CCN(C(=O)C3CC3)CC1)O2. The third-order valence-electron chi connectivity index (χ3n) is 6.81. The van der Waals surface area contributed by atoms with Crippen LogP contribution < -0.4 is 0 Å². The van der Waals surface area contributed by atoms with Crippen LogP contribution in [0.2, 0.25) is 0 Å². The molecule has 2 atom stereocenters. The summed E-state index contributed by atoms with van der Waals surface area (Å²) in [5, 5.41) is 0. The number of hydrogen-bond donors (Lipinski definition) is 0. The minimum absolute atomic E-state index is 0.110. The number of amides is 2. The Balaban J connectivity index is 1.39. The molecular weight excluding hydrogens is 366 g/mol. The van der Waals surface area contributed by atoms with Crippen molar-refractivity contribution in [3.05, 3.63) is 35.4 Å². The van der Waals surface area contributed by atoms with Gasteiger partial charge in [-0.1, -0.05) is 0 Å². The van der Waals surface area contributed by atoms with Gasteiger partial charge in [0.05, 0.1) is 6.04 Å². The second-order valence-corrected chi connectivity index (χ2v) is 8.80. The molecule has 5 rings (SSSR count). The molecular formula is C21H24F2N2O3. The lowest BCUT2D eigenvalue weighted by molar-refractivity contribution is -0.156. The molecule has 28 heavy (non-hydrogen) atoms. The summed E-state index contributed by atoms with van der Waals surface area (Å²) < 4.78 is 33.9. The Bertz CT molecular complexity index is 828. The summed E-state index contributed by atoms with van der Waals surface area (Å²) in [6.07, 6.45) is 4.10. The minimum atomic E-state index is -0.931. The molecule has 3 heterocycles. The molecule has 1 spiro atoms. The van der Waals surface area contributed by atoms with Crippen LogP contribution in [0.25, 0.3) is 0 Å². The first kappa shape index (κ1) is 18.0. The van der Waals surface area contributed by atoms with E-state index >= 15 is 0 Å². The quantitative estimate of drug-likeness (QED) is 0.780. The van der Waals surface area contributed by atoms with Crippen molar-refractivity contribution in [2.45, 2.75) is 62.8 Å². The number of rotatable bonds is 2. The summed E-state index contributed by atoms with van der Waals surface area (Å²) in [4.78, 5) is 29.3. The van der Waals surface area contributed by atoms with Gasteiger partial charge in [-0.2, -0.15) is 0 Å². The first-order valence-corrected chi connectivity index (χ1v) is 10.1. The molecule has 0 N–H and O–H groups in total. The Hall–Kier alpha value is -2.02. The van der Waals surface area contributed by atoms with Crippen LogP contribution in [0.1, 0.15) is 57.1 Å². The number of carbonyl (C=O) groups excluding carboxylic acids is 2. The zero-order valence-corrected chi connectivity index (χ0v) is 15.9. The predicted octanol–water partition coefficient (Wildman–Crippen LogP) is 3.15. The van der Waals surface area contributed by atoms with E-state index in [-0.39, 0.29) is 17.7 Å². The monoisotopic (exact) mass is 390 g/mol. The minimum Gasteiger partial charge on any atom is -0.342 e. The van der Waals surface area contributed by atoms with Crippen molar-refractivity contribution in [2.75, 3.05) is 13.1 Å². The Labute approximate surface area is 162 Å². The van der Waals surface area contributed by atoms with E-state index in [1.807, 2.05) is 11.8 Å². The number of ether oxygens (including phenoxy) is 1. The van der Waals surface area contributed by atoms with Crippen LogP contribution >= 0.6 is 0 Å². The van der Waals surface area contributed by atoms with Gasteiger partial charge in [-0.3, -0.25) is 9.59 Å². The average Bonchev–Trinajstić information content (AvgIpc) is 3.40. The molecule has 0 aromatic heterocycles. The van der Waals surface area contributed by atoms with Gasteiger partial charge in [0, 0.05) is 37.9 Å². The Morgan fingerprint density at radius 3 is 2.32 bits per heavy atom. The number of likely N-dealkylation sites (tertiary alicyclic amines) is 1. The molecule has 1 aliphatic carbocycles. The standard InChI is InChI=1S/C21H24F2N2O3/c1-20-5-4-17(14-10-15(22)12-16(23)11-14)25(20)19(27)21(28-20)6-8-24(9-7-21)18(26)13-2-3-13/h10-13,17H,2-9H2,1H3/t17-,20+/m0/s1. The maximum absolute atomic E-state index is 13.7. The molecule has 3 saturated heterocycles. The van der Waals surface area contributed by atoms with E-state index in [1.54, 1.807) is 4.90 Å². The van der Waals surface area contributed by atoms with Crippen molar-refractivity contribution in [3.8, 4) is 0 Å². The number of benzene rings is 1. The van der Waals surface area contributed by atoms with Crippen LogP contribution in [0.15, 0.2) is 18.2 Å². The Morgan fingerprint density at radius 1 is 1.07 bits per heavy atom. The Kier molecular flexibility index (Phi) is 3.86. The first-order chi connectivity index (χ1) is 13.3. The third kappa shape index (κ3) is 2.66. The van der Waals surface area contributed by atoms with Crippen molar-refractivity contribution in [3.63, 3.8) is 0 Å². The average molecular weight is 390 g/mol. The molecule has 0 bridgehead atoms. The van der Waals surface area contributed by atoms with E-state index in [1.165, 1.54) is 12.1 Å². The van der Waals surface area contributed by atoms with Gasteiger partial charge in [0.25, 0.3) is 5.91 Å². The fourth-order valence-corrected chi connectivity index (χ4v) is 5.20. The largest absolute Gasteiger partial charge is 0.342 e. The molecule has 4 fully saturated rings. The molecule has 5 nitrogen and oxygen atoms in total. The second kappa shape index (κ2) is 5.99. The lowest BCUT2D eigenvalue weighted by atomic mass is 9.89. The molecule has 1 aromatic carbocycles. The topological polar surface area (TPSA) is 49.9 Å². The van der Waals surface area contributed by atoms with E-state index in [4.69, 9.17) is 4.74 Å². The Morgan fingerprint density at radius 2 is 1.71 bits per heavy atom. The van der Waals surface area contributed by atoms with Gasteiger partial charge in [-0.05, 0) is 50.3 Å². The van der Waals surface area contributed by atoms with Gasteiger partial charge < -0.3 is 14.5 Å². The smallest absolute Gasteiger partial charge is 0.257 e. The number of fused-ring (bicyclic) bond motifs is 1. The van der Waals surface area contributed by atoms with Crippen LogP contribution in [0.5, 0.6) is 0 Å². The predicted molar refractivity (Wildman–Crippen MR) is 95.9 cm³/mol. The maximum atomic E-state index is 13.7. The number of halogens is 2. The van der Waals surface area contributed by atoms with E-state index in [9.17, 15) is 18.4 Å². The van der Waals surface area contributed by atoms with Crippen molar-refractivity contribution < 1.29 is 23.1 Å². The van der Waals surface area contributed by atoms with Crippen LogP contribution in [0.3, 0.4) is 0 Å². The van der Waals surface area contributed by atoms with Gasteiger partial charge in [0.1, 0.15) is 17.4 Å². The van der Waals surface area contributed by atoms with Gasteiger partial charge in [0.15, 0.2) is 5.60 Å². The molecule has 150 valence electrons. The van der Waals surface area contributed by atoms with Crippen LogP contribution in [-0.4, -0.2) is 46.0 Å². The van der Waals surface area contributed by atoms with Crippen LogP contribution in [-0.2, 0) is 14.3 Å². The van der Waals surface area contributed by atoms with Crippen molar-refractivity contribution in [1.29, 1.82) is 0 Å². The van der Waals surface area contributed by atoms with Crippen molar-refractivity contribution in [1.82, 2.24) is 9.80 Å². The van der Waals surface area contributed by atoms with E-state index < -0.39 is 29.0 Å². The molecule has 1 aromatic rings. The van der Waals surface area contributed by atoms with Crippen LogP contribution in [0.4, 0.5) is 8.78 Å². The lowest BCUT2D eigenvalue weighted by Gasteiger charge is -2.38. The van der Waals surface area contributed by atoms with Crippen molar-refractivity contribution >= 4 is 11.8 Å². The zero-order chi connectivity index (χ0) is 19.7. The molecule has 1 saturated carbocycles. The summed E-state index contributed by atoms with van der Waals surface area (Å²) in [5.41, 5.74) is -1.23. The van der Waals surface area contributed by atoms with E-state index in [0.29, 0.717) is 44.3 Å². The zero-order valence-electron chi connectivity index (χ0n) is 15.9. The highest BCUT2D eigenvalue weighted by Crippen LogP contribution is 2.53. The number of nitrogens with zero attached hydrogens (tertiary/aromatic N) is 2. The summed E-state index contributed by atoms with van der Waals surface area (Å²) in [5.74, 6) is -1.03. The van der Waals surface area contributed by atoms with Crippen LogP contribution in [0, 0.1) is 17.6 Å². The normalized spacial score (nSPS) is 31.5. The molecule has 0 unspecified atom stereocenters. The van der Waals surface area contributed by atoms with E-state index in [0.717, 1.165) is 18.9 Å². The lowest BCUT2D eigenvalue weighted by Crippen LogP contribution is -2.52. The number of piperidine rings is 1.